The first-order valence-corrected chi connectivity index (χ1v) is 7.37. The molecule has 0 radical (unpaired) electrons. The smallest absolute Gasteiger partial charge is 0.287 e. The van der Waals surface area contributed by atoms with Crippen molar-refractivity contribution in [3.8, 4) is 22.3 Å². The van der Waals surface area contributed by atoms with Crippen LogP contribution in [0.3, 0.4) is 0 Å². The van der Waals surface area contributed by atoms with Crippen molar-refractivity contribution in [1.82, 2.24) is 15.0 Å². The fraction of sp³-hybridized carbons (Fsp3) is 0.167. The quantitative estimate of drug-likeness (QED) is 0.732. The van der Waals surface area contributed by atoms with Crippen molar-refractivity contribution >= 4 is 5.69 Å². The minimum atomic E-state index is -3.01. The average molecular weight is 326 g/mol. The minimum absolute atomic E-state index is 0.260. The number of nitrogen functional groups attached to an aromatic ring is 1. The van der Waals surface area contributed by atoms with Crippen molar-refractivity contribution in [1.29, 1.82) is 0 Å². The van der Waals surface area contributed by atoms with Crippen molar-refractivity contribution in [2.45, 2.75) is 19.8 Å². The number of nitrogens with two attached hydrogens (primary N) is 1. The predicted octanol–water partition coefficient (Wildman–Crippen LogP) is 4.21. The number of aromatic nitrogens is 3. The molecular formula is C18H16F2N4. The number of benzene rings is 1. The molecule has 0 amide bonds. The van der Waals surface area contributed by atoms with E-state index in [2.05, 4.69) is 15.0 Å². The molecule has 4 nitrogen and oxygen atoms in total. The summed E-state index contributed by atoms with van der Waals surface area (Å²) in [5.41, 5.74) is 9.71. The molecule has 0 saturated heterocycles. The molecule has 0 aliphatic carbocycles. The monoisotopic (exact) mass is 326 g/mol. The Morgan fingerprint density at radius 1 is 0.958 bits per heavy atom. The predicted molar refractivity (Wildman–Crippen MR) is 89.4 cm³/mol. The van der Waals surface area contributed by atoms with Crippen molar-refractivity contribution in [2.75, 3.05) is 5.73 Å². The van der Waals surface area contributed by atoms with Gasteiger partial charge < -0.3 is 5.73 Å². The molecule has 2 N–H and O–H groups in total. The van der Waals surface area contributed by atoms with E-state index in [0.717, 1.165) is 23.6 Å². The van der Waals surface area contributed by atoms with E-state index >= 15 is 0 Å². The lowest BCUT2D eigenvalue weighted by molar-refractivity contribution is 0.0127. The molecule has 0 bridgehead atoms. The third kappa shape index (κ3) is 3.22. The van der Waals surface area contributed by atoms with Gasteiger partial charge in [0.25, 0.3) is 5.92 Å². The van der Waals surface area contributed by atoms with Crippen LogP contribution in [0.4, 0.5) is 14.5 Å². The van der Waals surface area contributed by atoms with Crippen LogP contribution in [0.1, 0.15) is 18.3 Å². The lowest BCUT2D eigenvalue weighted by Gasteiger charge is -2.15. The van der Waals surface area contributed by atoms with Crippen molar-refractivity contribution in [3.63, 3.8) is 0 Å². The van der Waals surface area contributed by atoms with Crippen LogP contribution in [0.2, 0.25) is 0 Å². The molecule has 2 aromatic heterocycles. The van der Waals surface area contributed by atoms with Gasteiger partial charge in [-0.15, -0.1) is 0 Å². The van der Waals surface area contributed by atoms with Crippen LogP contribution in [-0.4, -0.2) is 15.0 Å². The second-order valence-corrected chi connectivity index (χ2v) is 5.70. The SMILES string of the molecule is Cc1cc(-c2ccc(N)cc2-c2cncnc2)cc(C(C)(F)F)n1. The van der Waals surface area contributed by atoms with Crippen molar-refractivity contribution < 1.29 is 8.78 Å². The molecule has 0 spiro atoms. The molecule has 0 aliphatic heterocycles. The Bertz CT molecular complexity index is 874. The first-order chi connectivity index (χ1) is 11.3. The summed E-state index contributed by atoms with van der Waals surface area (Å²) in [5, 5.41) is 0. The number of halogens is 2. The van der Waals surface area contributed by atoms with E-state index in [1.807, 2.05) is 6.07 Å². The molecule has 3 rings (SSSR count). The molecule has 0 atom stereocenters. The van der Waals surface area contributed by atoms with E-state index in [1.54, 1.807) is 37.5 Å². The van der Waals surface area contributed by atoms with Gasteiger partial charge in [0.2, 0.25) is 0 Å². The largest absolute Gasteiger partial charge is 0.399 e. The number of hydrogen-bond acceptors (Lipinski definition) is 4. The van der Waals surface area contributed by atoms with Gasteiger partial charge in [0.05, 0.1) is 0 Å². The van der Waals surface area contributed by atoms with Crippen LogP contribution in [0, 0.1) is 6.92 Å². The molecule has 2 heterocycles. The zero-order valence-electron chi connectivity index (χ0n) is 13.3. The molecule has 0 saturated carbocycles. The summed E-state index contributed by atoms with van der Waals surface area (Å²) < 4.78 is 27.4. The molecule has 0 unspecified atom stereocenters. The zero-order valence-corrected chi connectivity index (χ0v) is 13.3. The summed E-state index contributed by atoms with van der Waals surface area (Å²) in [6.07, 6.45) is 4.76. The summed E-state index contributed by atoms with van der Waals surface area (Å²) in [6.45, 7) is 2.54. The summed E-state index contributed by atoms with van der Waals surface area (Å²) in [4.78, 5) is 12.0. The number of aryl methyl sites for hydroxylation is 1. The third-order valence-electron chi connectivity index (χ3n) is 3.63. The Hall–Kier alpha value is -2.89. The van der Waals surface area contributed by atoms with E-state index in [1.165, 1.54) is 12.4 Å². The van der Waals surface area contributed by atoms with Crippen LogP contribution >= 0.6 is 0 Å². The van der Waals surface area contributed by atoms with Gasteiger partial charge >= 0.3 is 0 Å². The average Bonchev–Trinajstić information content (AvgIpc) is 2.54. The summed E-state index contributed by atoms with van der Waals surface area (Å²) in [6, 6.07) is 8.51. The van der Waals surface area contributed by atoms with E-state index < -0.39 is 5.92 Å². The van der Waals surface area contributed by atoms with Crippen LogP contribution in [0.5, 0.6) is 0 Å². The first kappa shape index (κ1) is 16.0. The molecule has 122 valence electrons. The normalized spacial score (nSPS) is 11.5. The van der Waals surface area contributed by atoms with Crippen molar-refractivity contribution in [3.05, 3.63) is 60.4 Å². The lowest BCUT2D eigenvalue weighted by atomic mass is 9.94. The van der Waals surface area contributed by atoms with Gasteiger partial charge in [0, 0.05) is 36.3 Å². The summed E-state index contributed by atoms with van der Waals surface area (Å²) in [7, 11) is 0. The zero-order chi connectivity index (χ0) is 17.3. The molecule has 0 aliphatic rings. The highest BCUT2D eigenvalue weighted by Gasteiger charge is 2.27. The van der Waals surface area contributed by atoms with E-state index in [-0.39, 0.29) is 5.69 Å². The van der Waals surface area contributed by atoms with Gasteiger partial charge in [0.1, 0.15) is 12.0 Å². The first-order valence-electron chi connectivity index (χ1n) is 7.37. The minimum Gasteiger partial charge on any atom is -0.399 e. The van der Waals surface area contributed by atoms with E-state index in [9.17, 15) is 8.78 Å². The van der Waals surface area contributed by atoms with Gasteiger partial charge in [-0.05, 0) is 47.9 Å². The molecule has 6 heteroatoms. The van der Waals surface area contributed by atoms with Crippen LogP contribution in [0.25, 0.3) is 22.3 Å². The molecule has 24 heavy (non-hydrogen) atoms. The molecule has 1 aromatic carbocycles. The number of pyridine rings is 1. The number of nitrogens with zero attached hydrogens (tertiary/aromatic N) is 3. The Morgan fingerprint density at radius 2 is 1.67 bits per heavy atom. The highest BCUT2D eigenvalue weighted by atomic mass is 19.3. The molecule has 3 aromatic rings. The van der Waals surface area contributed by atoms with Crippen LogP contribution < -0.4 is 5.73 Å². The number of hydrogen-bond donors (Lipinski definition) is 1. The standard InChI is InChI=1S/C18H16F2N4/c1-11-5-12(6-17(24-11)18(2,19)20)15-4-3-14(21)7-16(15)13-8-22-10-23-9-13/h3-10H,21H2,1-2H3. The third-order valence-corrected chi connectivity index (χ3v) is 3.63. The summed E-state index contributed by atoms with van der Waals surface area (Å²) >= 11 is 0. The topological polar surface area (TPSA) is 64.7 Å². The second-order valence-electron chi connectivity index (χ2n) is 5.70. The Kier molecular flexibility index (Phi) is 3.97. The maximum absolute atomic E-state index is 13.7. The fourth-order valence-electron chi connectivity index (χ4n) is 2.54. The highest BCUT2D eigenvalue weighted by molar-refractivity contribution is 5.85. The maximum Gasteiger partial charge on any atom is 0.287 e. The maximum atomic E-state index is 13.7. The van der Waals surface area contributed by atoms with E-state index in [0.29, 0.717) is 16.9 Å². The second kappa shape index (κ2) is 5.96. The number of rotatable bonds is 3. The summed E-state index contributed by atoms with van der Waals surface area (Å²) in [5.74, 6) is -3.01. The Balaban J connectivity index is 2.23. The van der Waals surface area contributed by atoms with Gasteiger partial charge in [-0.2, -0.15) is 8.78 Å². The fourth-order valence-corrected chi connectivity index (χ4v) is 2.54. The molecular weight excluding hydrogens is 310 g/mol. The Labute approximate surface area is 138 Å². The Morgan fingerprint density at radius 3 is 2.33 bits per heavy atom. The van der Waals surface area contributed by atoms with Crippen LogP contribution in [0.15, 0.2) is 49.1 Å². The van der Waals surface area contributed by atoms with Gasteiger partial charge in [-0.1, -0.05) is 6.07 Å². The highest BCUT2D eigenvalue weighted by Crippen LogP contribution is 2.35. The van der Waals surface area contributed by atoms with E-state index in [4.69, 9.17) is 5.73 Å². The number of alkyl halides is 2. The van der Waals surface area contributed by atoms with Gasteiger partial charge in [0.15, 0.2) is 0 Å². The van der Waals surface area contributed by atoms with Gasteiger partial charge in [-0.3, -0.25) is 4.98 Å². The lowest BCUT2D eigenvalue weighted by Crippen LogP contribution is -2.10. The van der Waals surface area contributed by atoms with Crippen molar-refractivity contribution in [2.24, 2.45) is 0 Å². The van der Waals surface area contributed by atoms with Gasteiger partial charge in [-0.25, -0.2) is 9.97 Å². The number of anilines is 1. The molecule has 0 fully saturated rings. The van der Waals surface area contributed by atoms with Crippen LogP contribution in [-0.2, 0) is 5.92 Å².